The molecule has 8 heteroatoms. The van der Waals surface area contributed by atoms with Crippen LogP contribution in [0.2, 0.25) is 0 Å². The number of urea groups is 1. The number of likely N-dealkylation sites (tertiary alicyclic amines) is 1. The van der Waals surface area contributed by atoms with E-state index in [1.807, 2.05) is 4.90 Å². The summed E-state index contributed by atoms with van der Waals surface area (Å²) in [6, 6.07) is 8.89. The Hall–Kier alpha value is -1.32. The van der Waals surface area contributed by atoms with Crippen LogP contribution in [0.1, 0.15) is 24.0 Å². The molecule has 30 heavy (non-hydrogen) atoms. The van der Waals surface area contributed by atoms with Crippen molar-refractivity contribution in [2.45, 2.75) is 38.0 Å². The van der Waals surface area contributed by atoms with E-state index in [0.29, 0.717) is 19.1 Å². The maximum atomic E-state index is 12.6. The molecule has 3 aliphatic heterocycles. The van der Waals surface area contributed by atoms with Crippen molar-refractivity contribution in [1.82, 2.24) is 20.0 Å². The zero-order valence-electron chi connectivity index (χ0n) is 17.8. The molecule has 1 unspecified atom stereocenters. The molecule has 2 atom stereocenters. The van der Waals surface area contributed by atoms with Crippen LogP contribution in [0, 0.1) is 0 Å². The van der Waals surface area contributed by atoms with Crippen molar-refractivity contribution in [3.63, 3.8) is 0 Å². The highest BCUT2D eigenvalue weighted by Crippen LogP contribution is 2.19. The quantitative estimate of drug-likeness (QED) is 0.722. The lowest BCUT2D eigenvalue weighted by Crippen LogP contribution is -2.55. The molecule has 3 aliphatic rings. The third-order valence-corrected chi connectivity index (χ3v) is 6.41. The van der Waals surface area contributed by atoms with Gasteiger partial charge >= 0.3 is 6.03 Å². The van der Waals surface area contributed by atoms with E-state index in [2.05, 4.69) is 39.4 Å². The molecule has 0 aliphatic carbocycles. The highest BCUT2D eigenvalue weighted by atomic mass is 32.1. The Bertz CT molecular complexity index is 686. The van der Waals surface area contributed by atoms with Crippen molar-refractivity contribution < 1.29 is 14.6 Å². The van der Waals surface area contributed by atoms with Gasteiger partial charge in [0.1, 0.15) is 0 Å². The van der Waals surface area contributed by atoms with Gasteiger partial charge in [-0.25, -0.2) is 4.79 Å². The number of piperidine rings is 1. The van der Waals surface area contributed by atoms with Gasteiger partial charge in [0, 0.05) is 58.4 Å². The number of β-amino-alcohol motifs (C(OH)–C–C–N with tert-alkyl or cyclic N) is 1. The number of nitrogens with zero attached hydrogens (tertiary/aromatic N) is 3. The Balaban J connectivity index is 0.00000256. The monoisotopic (exact) mass is 436 g/mol. The molecule has 4 rings (SSSR count). The van der Waals surface area contributed by atoms with Gasteiger partial charge in [-0.15, -0.1) is 0 Å². The molecule has 1 aromatic rings. The fraction of sp³-hybridized carbons (Fsp3) is 0.682. The zero-order chi connectivity index (χ0) is 20.1. The Morgan fingerprint density at radius 3 is 2.73 bits per heavy atom. The van der Waals surface area contributed by atoms with Gasteiger partial charge in [0.15, 0.2) is 0 Å². The first-order chi connectivity index (χ1) is 14.2. The Kier molecular flexibility index (Phi) is 8.83. The molecule has 2 saturated heterocycles. The number of nitrogens with one attached hydrogen (secondary N) is 1. The normalized spacial score (nSPS) is 23.9. The number of rotatable bonds is 5. The topological polar surface area (TPSA) is 68.3 Å². The largest absolute Gasteiger partial charge is 0.390 e. The van der Waals surface area contributed by atoms with Crippen molar-refractivity contribution in [1.29, 1.82) is 0 Å². The number of carbonyl (C=O) groups excluding carboxylic acids is 1. The number of hydrogen-bond donors (Lipinski definition) is 2. The summed E-state index contributed by atoms with van der Waals surface area (Å²) in [7, 11) is 0. The van der Waals surface area contributed by atoms with Crippen LogP contribution < -0.4 is 5.32 Å². The molecule has 2 N–H and O–H groups in total. The molecule has 0 bridgehead atoms. The van der Waals surface area contributed by atoms with E-state index in [-0.39, 0.29) is 19.5 Å². The van der Waals surface area contributed by atoms with Crippen LogP contribution in [0.4, 0.5) is 4.79 Å². The van der Waals surface area contributed by atoms with E-state index < -0.39 is 6.10 Å². The fourth-order valence-electron chi connectivity index (χ4n) is 4.77. The van der Waals surface area contributed by atoms with Gasteiger partial charge in [0.05, 0.1) is 19.3 Å². The van der Waals surface area contributed by atoms with Gasteiger partial charge in [-0.05, 0) is 30.4 Å². The summed E-state index contributed by atoms with van der Waals surface area (Å²) >= 11 is 0. The first-order valence-electron chi connectivity index (χ1n) is 11.0. The van der Waals surface area contributed by atoms with Crippen LogP contribution in [0.15, 0.2) is 24.3 Å². The van der Waals surface area contributed by atoms with E-state index in [0.717, 1.165) is 71.7 Å². The van der Waals surface area contributed by atoms with Crippen LogP contribution in [-0.2, 0) is 17.7 Å². The summed E-state index contributed by atoms with van der Waals surface area (Å²) in [5.74, 6) is 0. The van der Waals surface area contributed by atoms with Crippen molar-refractivity contribution >= 4 is 19.5 Å². The number of benzene rings is 1. The van der Waals surface area contributed by atoms with Crippen molar-refractivity contribution in [3.8, 4) is 0 Å². The van der Waals surface area contributed by atoms with E-state index in [1.54, 1.807) is 0 Å². The molecule has 0 saturated carbocycles. The Labute approximate surface area is 186 Å². The first kappa shape index (κ1) is 23.3. The van der Waals surface area contributed by atoms with Gasteiger partial charge in [-0.2, -0.15) is 13.5 Å². The maximum Gasteiger partial charge on any atom is 0.317 e. The molecule has 7 nitrogen and oxygen atoms in total. The number of aliphatic hydroxyl groups excluding tert-OH is 1. The summed E-state index contributed by atoms with van der Waals surface area (Å²) < 4.78 is 5.45. The van der Waals surface area contributed by atoms with Crippen molar-refractivity contribution in [2.24, 2.45) is 0 Å². The molecule has 2 fully saturated rings. The molecule has 2 amide bonds. The fourth-order valence-corrected chi connectivity index (χ4v) is 4.77. The number of aliphatic hydroxyl groups is 1. The number of carbonyl (C=O) groups is 1. The molecule has 3 heterocycles. The smallest absolute Gasteiger partial charge is 0.317 e. The van der Waals surface area contributed by atoms with Crippen LogP contribution >= 0.6 is 13.5 Å². The lowest BCUT2D eigenvalue weighted by atomic mass is 10.00. The SMILES string of the molecule is O=C(NC[C@H](O)CN1CCc2ccccc2C1)N1CCCC(N2CCOCC2)C1.S. The first-order valence-corrected chi connectivity index (χ1v) is 11.0. The van der Waals surface area contributed by atoms with Crippen LogP contribution in [0.3, 0.4) is 0 Å². The summed E-state index contributed by atoms with van der Waals surface area (Å²) in [6.45, 7) is 7.77. The van der Waals surface area contributed by atoms with Crippen LogP contribution in [-0.4, -0.2) is 97.0 Å². The van der Waals surface area contributed by atoms with Crippen molar-refractivity contribution in [2.75, 3.05) is 59.0 Å². The van der Waals surface area contributed by atoms with Gasteiger partial charge in [-0.1, -0.05) is 24.3 Å². The van der Waals surface area contributed by atoms with Crippen LogP contribution in [0.5, 0.6) is 0 Å². The van der Waals surface area contributed by atoms with Gasteiger partial charge in [-0.3, -0.25) is 9.80 Å². The second kappa shape index (κ2) is 11.3. The third-order valence-electron chi connectivity index (χ3n) is 6.41. The lowest BCUT2D eigenvalue weighted by Gasteiger charge is -2.40. The summed E-state index contributed by atoms with van der Waals surface area (Å²) in [4.78, 5) is 19.3. The molecule has 1 aromatic carbocycles. The molecule has 0 radical (unpaired) electrons. The second-order valence-corrected chi connectivity index (χ2v) is 8.48. The zero-order valence-corrected chi connectivity index (χ0v) is 18.8. The minimum absolute atomic E-state index is 0. The van der Waals surface area contributed by atoms with E-state index in [1.165, 1.54) is 11.1 Å². The average molecular weight is 437 g/mol. The van der Waals surface area contributed by atoms with Gasteiger partial charge in [0.25, 0.3) is 0 Å². The molecular formula is C22H36N4O3S. The summed E-state index contributed by atoms with van der Waals surface area (Å²) in [6.07, 6.45) is 2.64. The Morgan fingerprint density at radius 1 is 1.17 bits per heavy atom. The van der Waals surface area contributed by atoms with E-state index in [9.17, 15) is 9.90 Å². The lowest BCUT2D eigenvalue weighted by molar-refractivity contribution is 0.00172. The van der Waals surface area contributed by atoms with Gasteiger partial charge in [0.2, 0.25) is 0 Å². The summed E-state index contributed by atoms with van der Waals surface area (Å²) in [5, 5.41) is 13.4. The summed E-state index contributed by atoms with van der Waals surface area (Å²) in [5.41, 5.74) is 2.75. The van der Waals surface area contributed by atoms with Crippen molar-refractivity contribution in [3.05, 3.63) is 35.4 Å². The standard InChI is InChI=1S/C22H34N4O3.H2S/c27-21(17-24-9-7-18-4-1-2-5-19(18)15-24)14-23-22(28)26-8-3-6-20(16-26)25-10-12-29-13-11-25;/h1-2,4-5,20-21,27H,3,6-17H2,(H,23,28);1H2/t20?,21-;/m0./s1. The number of amides is 2. The second-order valence-electron chi connectivity index (χ2n) is 8.48. The van der Waals surface area contributed by atoms with Gasteiger partial charge < -0.3 is 20.1 Å². The number of fused-ring (bicyclic) bond motifs is 1. The van der Waals surface area contributed by atoms with E-state index >= 15 is 0 Å². The average Bonchev–Trinajstić information content (AvgIpc) is 2.78. The minimum Gasteiger partial charge on any atom is -0.390 e. The number of hydrogen-bond acceptors (Lipinski definition) is 5. The molecule has 168 valence electrons. The third kappa shape index (κ3) is 6.11. The highest BCUT2D eigenvalue weighted by molar-refractivity contribution is 7.59. The predicted molar refractivity (Wildman–Crippen MR) is 122 cm³/mol. The molecule has 0 spiro atoms. The number of ether oxygens (including phenoxy) is 1. The molecule has 0 aromatic heterocycles. The van der Waals surface area contributed by atoms with Crippen LogP contribution in [0.25, 0.3) is 0 Å². The maximum absolute atomic E-state index is 12.6. The number of morpholine rings is 1. The molecular weight excluding hydrogens is 400 g/mol. The highest BCUT2D eigenvalue weighted by Gasteiger charge is 2.29. The van der Waals surface area contributed by atoms with E-state index in [4.69, 9.17) is 4.74 Å². The Morgan fingerprint density at radius 2 is 1.93 bits per heavy atom. The minimum atomic E-state index is -0.552. The predicted octanol–water partition coefficient (Wildman–Crippen LogP) is 1.02.